The molecule has 0 spiro atoms. The molecule has 0 bridgehead atoms. The summed E-state index contributed by atoms with van der Waals surface area (Å²) in [5, 5.41) is 4.08. The van der Waals surface area contributed by atoms with E-state index >= 15 is 0 Å². The number of nitrogens with zero attached hydrogens (tertiary/aromatic N) is 1. The van der Waals surface area contributed by atoms with Gasteiger partial charge in [-0.1, -0.05) is 29.8 Å². The number of benzene rings is 2. The van der Waals surface area contributed by atoms with Crippen molar-refractivity contribution in [2.24, 2.45) is 5.73 Å². The first-order valence-corrected chi connectivity index (χ1v) is 11.6. The molecule has 3 rings (SSSR count). The monoisotopic (exact) mass is 430 g/mol. The highest BCUT2D eigenvalue weighted by molar-refractivity contribution is 5.78. The Bertz CT molecular complexity index is 1080. The van der Waals surface area contributed by atoms with Crippen molar-refractivity contribution in [1.29, 1.82) is 0 Å². The summed E-state index contributed by atoms with van der Waals surface area (Å²) >= 11 is 0. The van der Waals surface area contributed by atoms with Gasteiger partial charge in [0.25, 0.3) is 0 Å². The van der Waals surface area contributed by atoms with Gasteiger partial charge in [0.05, 0.1) is 0 Å². The Kier molecular flexibility index (Phi) is 8.57. The summed E-state index contributed by atoms with van der Waals surface area (Å²) in [6, 6.07) is 17.4. The molecule has 3 aromatic rings. The number of hydrogen-bond donors (Lipinski definition) is 2. The third-order valence-corrected chi connectivity index (χ3v) is 5.88. The summed E-state index contributed by atoms with van der Waals surface area (Å²) in [6.07, 6.45) is 8.00. The van der Waals surface area contributed by atoms with Crippen LogP contribution in [0, 0.1) is 20.8 Å². The van der Waals surface area contributed by atoms with E-state index in [1.54, 1.807) is 0 Å². The number of fused-ring (bicyclic) bond motifs is 1. The van der Waals surface area contributed by atoms with Gasteiger partial charge in [-0.2, -0.15) is 4.57 Å². The molecule has 0 aliphatic rings. The maximum absolute atomic E-state index is 11.8. The summed E-state index contributed by atoms with van der Waals surface area (Å²) in [6.45, 7) is 8.47. The Morgan fingerprint density at radius 1 is 0.969 bits per heavy atom. The van der Waals surface area contributed by atoms with Crippen molar-refractivity contribution in [3.05, 3.63) is 76.5 Å². The smallest absolute Gasteiger partial charge is 0.220 e. The predicted octanol–water partition coefficient (Wildman–Crippen LogP) is 4.86. The molecule has 3 N–H and O–H groups in total. The van der Waals surface area contributed by atoms with Crippen molar-refractivity contribution in [2.45, 2.75) is 53.0 Å². The summed E-state index contributed by atoms with van der Waals surface area (Å²) < 4.78 is 2.40. The zero-order valence-electron chi connectivity index (χ0n) is 19.7. The summed E-state index contributed by atoms with van der Waals surface area (Å²) in [7, 11) is 0. The summed E-state index contributed by atoms with van der Waals surface area (Å²) in [4.78, 5) is 11.8. The molecule has 0 fully saturated rings. The minimum Gasteiger partial charge on any atom is -0.355 e. The standard InChI is InChI=1S/C28H35N3O/c1-21-19-22(2)26(23(3)20-21)15-14-25-13-12-24-9-6-7-10-27(24)31(25)18-8-4-5-11-28(32)30-17-16-29/h6-7,9-10,12-15,19-20H,4-5,8,11,16-18,29H2,1-3H3/p+1/b15-14+. The second-order valence-corrected chi connectivity index (χ2v) is 8.56. The van der Waals surface area contributed by atoms with E-state index in [4.69, 9.17) is 5.73 Å². The maximum Gasteiger partial charge on any atom is 0.220 e. The highest BCUT2D eigenvalue weighted by Gasteiger charge is 2.14. The van der Waals surface area contributed by atoms with Crippen molar-refractivity contribution >= 4 is 29.0 Å². The number of unbranched alkanes of at least 4 members (excludes halogenated alkanes) is 2. The van der Waals surface area contributed by atoms with Crippen LogP contribution in [0.15, 0.2) is 48.5 Å². The normalized spacial score (nSPS) is 11.4. The van der Waals surface area contributed by atoms with E-state index in [1.807, 2.05) is 0 Å². The van der Waals surface area contributed by atoms with Crippen LogP contribution in [0.1, 0.15) is 53.6 Å². The van der Waals surface area contributed by atoms with E-state index in [0.717, 1.165) is 25.8 Å². The molecule has 0 radical (unpaired) electrons. The number of carbonyl (C=O) groups excluding carboxylic acids is 1. The number of aromatic nitrogens is 1. The van der Waals surface area contributed by atoms with Crippen LogP contribution in [0.4, 0.5) is 0 Å². The molecule has 1 amide bonds. The Hall–Kier alpha value is -2.98. The molecule has 1 heterocycles. The van der Waals surface area contributed by atoms with Crippen molar-refractivity contribution < 1.29 is 9.36 Å². The fraction of sp³-hybridized carbons (Fsp3) is 0.357. The Labute approximate surface area is 192 Å². The molecular formula is C28H36N3O+. The molecule has 4 heteroatoms. The molecule has 0 atom stereocenters. The van der Waals surface area contributed by atoms with Gasteiger partial charge in [-0.15, -0.1) is 0 Å². The first kappa shape index (κ1) is 23.7. The summed E-state index contributed by atoms with van der Waals surface area (Å²) in [5.41, 5.74) is 13.1. The van der Waals surface area contributed by atoms with E-state index in [-0.39, 0.29) is 5.91 Å². The van der Waals surface area contributed by atoms with Crippen LogP contribution < -0.4 is 15.6 Å². The van der Waals surface area contributed by atoms with E-state index in [2.05, 4.69) is 91.3 Å². The van der Waals surface area contributed by atoms with E-state index in [1.165, 1.54) is 38.9 Å². The average Bonchev–Trinajstić information content (AvgIpc) is 2.77. The molecule has 2 aromatic carbocycles. The lowest BCUT2D eigenvalue weighted by molar-refractivity contribution is -0.673. The lowest BCUT2D eigenvalue weighted by Crippen LogP contribution is -2.38. The van der Waals surface area contributed by atoms with Gasteiger partial charge >= 0.3 is 0 Å². The van der Waals surface area contributed by atoms with E-state index in [0.29, 0.717) is 19.5 Å². The van der Waals surface area contributed by atoms with Gasteiger partial charge in [-0.25, -0.2) is 0 Å². The van der Waals surface area contributed by atoms with Crippen molar-refractivity contribution in [2.75, 3.05) is 13.1 Å². The van der Waals surface area contributed by atoms with Crippen LogP contribution in [0.5, 0.6) is 0 Å². The van der Waals surface area contributed by atoms with Crippen molar-refractivity contribution in [1.82, 2.24) is 5.32 Å². The number of nitrogens with two attached hydrogens (primary N) is 1. The third kappa shape index (κ3) is 6.27. The first-order chi connectivity index (χ1) is 15.5. The highest BCUT2D eigenvalue weighted by atomic mass is 16.1. The fourth-order valence-corrected chi connectivity index (χ4v) is 4.33. The topological polar surface area (TPSA) is 59.0 Å². The van der Waals surface area contributed by atoms with Crippen LogP contribution >= 0.6 is 0 Å². The lowest BCUT2D eigenvalue weighted by Gasteiger charge is -2.08. The van der Waals surface area contributed by atoms with Crippen LogP contribution in [0.2, 0.25) is 0 Å². The molecule has 0 aliphatic carbocycles. The lowest BCUT2D eigenvalue weighted by atomic mass is 9.99. The van der Waals surface area contributed by atoms with Crippen molar-refractivity contribution in [3.63, 3.8) is 0 Å². The Balaban J connectivity index is 1.76. The zero-order chi connectivity index (χ0) is 22.9. The van der Waals surface area contributed by atoms with Crippen LogP contribution in [-0.2, 0) is 11.3 Å². The van der Waals surface area contributed by atoms with Crippen LogP contribution in [-0.4, -0.2) is 19.0 Å². The number of pyridine rings is 1. The number of hydrogen-bond acceptors (Lipinski definition) is 2. The van der Waals surface area contributed by atoms with E-state index < -0.39 is 0 Å². The molecule has 0 aliphatic heterocycles. The van der Waals surface area contributed by atoms with Gasteiger partial charge in [0.1, 0.15) is 6.54 Å². The number of aryl methyl sites for hydroxylation is 4. The molecule has 1 aromatic heterocycles. The molecule has 4 nitrogen and oxygen atoms in total. The van der Waals surface area contributed by atoms with Gasteiger partial charge < -0.3 is 11.1 Å². The SMILES string of the molecule is Cc1cc(C)c(/C=C/c2ccc3ccccc3[n+]2CCCCCC(=O)NCCN)c(C)c1. The van der Waals surface area contributed by atoms with Crippen LogP contribution in [0.25, 0.3) is 23.1 Å². The van der Waals surface area contributed by atoms with Gasteiger partial charge in [0.2, 0.25) is 17.1 Å². The molecular weight excluding hydrogens is 394 g/mol. The molecule has 168 valence electrons. The number of rotatable bonds is 10. The quantitative estimate of drug-likeness (QED) is 0.356. The third-order valence-electron chi connectivity index (χ3n) is 5.88. The maximum atomic E-state index is 11.8. The summed E-state index contributed by atoms with van der Waals surface area (Å²) in [5.74, 6) is 0.0979. The first-order valence-electron chi connectivity index (χ1n) is 11.6. The van der Waals surface area contributed by atoms with Gasteiger partial charge in [0.15, 0.2) is 0 Å². The average molecular weight is 431 g/mol. The van der Waals surface area contributed by atoms with Gasteiger partial charge in [0, 0.05) is 49.5 Å². The fourth-order valence-electron chi connectivity index (χ4n) is 4.33. The number of nitrogens with one attached hydrogen (secondary N) is 1. The van der Waals surface area contributed by atoms with Crippen molar-refractivity contribution in [3.8, 4) is 0 Å². The molecule has 0 unspecified atom stereocenters. The Morgan fingerprint density at radius 3 is 2.47 bits per heavy atom. The van der Waals surface area contributed by atoms with Gasteiger partial charge in [-0.3, -0.25) is 4.79 Å². The minimum absolute atomic E-state index is 0.0979. The van der Waals surface area contributed by atoms with Gasteiger partial charge in [-0.05, 0) is 68.5 Å². The molecule has 0 saturated heterocycles. The zero-order valence-corrected chi connectivity index (χ0v) is 19.7. The highest BCUT2D eigenvalue weighted by Crippen LogP contribution is 2.20. The second kappa shape index (κ2) is 11.6. The van der Waals surface area contributed by atoms with Crippen LogP contribution in [0.3, 0.4) is 0 Å². The largest absolute Gasteiger partial charge is 0.355 e. The molecule has 0 saturated carbocycles. The predicted molar refractivity (Wildman–Crippen MR) is 134 cm³/mol. The molecule has 32 heavy (non-hydrogen) atoms. The second-order valence-electron chi connectivity index (χ2n) is 8.56. The Morgan fingerprint density at radius 2 is 1.72 bits per heavy atom. The number of para-hydroxylation sites is 1. The van der Waals surface area contributed by atoms with E-state index in [9.17, 15) is 4.79 Å². The number of carbonyl (C=O) groups is 1. The minimum atomic E-state index is 0.0979. The number of amides is 1.